The molecule has 0 radical (unpaired) electrons. The minimum atomic E-state index is -0.455. The second-order valence-corrected chi connectivity index (χ2v) is 6.76. The quantitative estimate of drug-likeness (QED) is 0.600. The summed E-state index contributed by atoms with van der Waals surface area (Å²) in [4.78, 5) is 13.7. The first-order chi connectivity index (χ1) is 12.7. The molecule has 0 bridgehead atoms. The summed E-state index contributed by atoms with van der Waals surface area (Å²) < 4.78 is 18.3. The second-order valence-electron chi connectivity index (χ2n) is 5.58. The predicted octanol–water partition coefficient (Wildman–Crippen LogP) is 5.31. The Morgan fingerprint density at radius 1 is 0.962 bits per heavy atom. The van der Waals surface area contributed by atoms with Crippen molar-refractivity contribution < 1.29 is 13.9 Å². The summed E-state index contributed by atoms with van der Waals surface area (Å²) in [7, 11) is 1.60. The largest absolute Gasteiger partial charge is 0.497 e. The maximum atomic E-state index is 13.2. The Balaban J connectivity index is 1.81. The summed E-state index contributed by atoms with van der Waals surface area (Å²) in [6.45, 7) is 0. The van der Waals surface area contributed by atoms with Crippen LogP contribution in [0.25, 0.3) is 0 Å². The summed E-state index contributed by atoms with van der Waals surface area (Å²) in [5.41, 5.74) is 1.57. The van der Waals surface area contributed by atoms with Crippen molar-refractivity contribution in [1.82, 2.24) is 0 Å². The predicted molar refractivity (Wildman–Crippen MR) is 103 cm³/mol. The Morgan fingerprint density at radius 2 is 1.62 bits per heavy atom. The maximum Gasteiger partial charge on any atom is 0.242 e. The van der Waals surface area contributed by atoms with Gasteiger partial charge in [-0.3, -0.25) is 4.79 Å². The Hall–Kier alpha value is -2.79. The highest BCUT2D eigenvalue weighted by Gasteiger charge is 2.22. The number of nitrogens with one attached hydrogen (secondary N) is 1. The van der Waals surface area contributed by atoms with Crippen molar-refractivity contribution in [3.63, 3.8) is 0 Å². The molecule has 1 amide bonds. The normalized spacial score (nSPS) is 11.6. The number of amides is 1. The standard InChI is InChI=1S/C21H18FNO2S/c1-25-18-11-9-17(10-12-18)23-21(24)20(15-5-3-2-4-6-15)26-19-13-7-16(22)8-14-19/h2-14,20H,1H3,(H,23,24). The van der Waals surface area contributed by atoms with Gasteiger partial charge in [0.2, 0.25) is 5.91 Å². The molecule has 3 nitrogen and oxygen atoms in total. The molecule has 3 rings (SSSR count). The summed E-state index contributed by atoms with van der Waals surface area (Å²) in [5, 5.41) is 2.48. The van der Waals surface area contributed by atoms with Crippen LogP contribution in [-0.2, 0) is 4.79 Å². The van der Waals surface area contributed by atoms with Gasteiger partial charge in [0, 0.05) is 10.6 Å². The zero-order valence-corrected chi connectivity index (χ0v) is 15.0. The third kappa shape index (κ3) is 4.64. The van der Waals surface area contributed by atoms with E-state index >= 15 is 0 Å². The van der Waals surface area contributed by atoms with Crippen molar-refractivity contribution in [2.24, 2.45) is 0 Å². The molecular formula is C21H18FNO2S. The number of carbonyl (C=O) groups excluding carboxylic acids is 1. The minimum absolute atomic E-state index is 0.143. The van der Waals surface area contributed by atoms with Gasteiger partial charge in [-0.2, -0.15) is 0 Å². The number of halogens is 1. The van der Waals surface area contributed by atoms with Crippen LogP contribution in [0.4, 0.5) is 10.1 Å². The zero-order chi connectivity index (χ0) is 18.4. The number of benzene rings is 3. The lowest BCUT2D eigenvalue weighted by Crippen LogP contribution is -2.19. The maximum absolute atomic E-state index is 13.2. The molecule has 0 saturated heterocycles. The third-order valence-corrected chi connectivity index (χ3v) is 5.03. The average Bonchev–Trinajstić information content (AvgIpc) is 2.68. The van der Waals surface area contributed by atoms with Gasteiger partial charge >= 0.3 is 0 Å². The van der Waals surface area contributed by atoms with Crippen LogP contribution in [0.3, 0.4) is 0 Å². The fraction of sp³-hybridized carbons (Fsp3) is 0.0952. The zero-order valence-electron chi connectivity index (χ0n) is 14.2. The number of rotatable bonds is 6. The van der Waals surface area contributed by atoms with Gasteiger partial charge in [0.15, 0.2) is 0 Å². The van der Waals surface area contributed by atoms with E-state index < -0.39 is 5.25 Å². The van der Waals surface area contributed by atoms with Crippen molar-refractivity contribution in [3.05, 3.63) is 90.2 Å². The average molecular weight is 367 g/mol. The molecule has 0 aliphatic heterocycles. The Labute approximate surface area is 156 Å². The summed E-state index contributed by atoms with van der Waals surface area (Å²) in [6.07, 6.45) is 0. The molecule has 1 N–H and O–H groups in total. The number of carbonyl (C=O) groups is 1. The molecule has 0 saturated carbocycles. The van der Waals surface area contributed by atoms with Crippen LogP contribution in [0.15, 0.2) is 83.8 Å². The molecule has 132 valence electrons. The van der Waals surface area contributed by atoms with Crippen LogP contribution in [0.1, 0.15) is 10.8 Å². The lowest BCUT2D eigenvalue weighted by molar-refractivity contribution is -0.115. The lowest BCUT2D eigenvalue weighted by Gasteiger charge is -2.17. The molecule has 1 unspecified atom stereocenters. The number of methoxy groups -OCH3 is 1. The van der Waals surface area contributed by atoms with Gasteiger partial charge in [-0.25, -0.2) is 4.39 Å². The van der Waals surface area contributed by atoms with Gasteiger partial charge in [0.05, 0.1) is 7.11 Å². The molecule has 0 aliphatic carbocycles. The molecule has 1 atom stereocenters. The molecule has 3 aromatic carbocycles. The van der Waals surface area contributed by atoms with E-state index in [1.54, 1.807) is 43.5 Å². The van der Waals surface area contributed by atoms with Crippen LogP contribution in [0.2, 0.25) is 0 Å². The molecular weight excluding hydrogens is 349 g/mol. The lowest BCUT2D eigenvalue weighted by atomic mass is 10.1. The molecule has 26 heavy (non-hydrogen) atoms. The fourth-order valence-electron chi connectivity index (χ4n) is 2.43. The SMILES string of the molecule is COc1ccc(NC(=O)C(Sc2ccc(F)cc2)c2ccccc2)cc1. The molecule has 0 aromatic heterocycles. The van der Waals surface area contributed by atoms with Crippen LogP contribution < -0.4 is 10.1 Å². The van der Waals surface area contributed by atoms with E-state index in [4.69, 9.17) is 4.74 Å². The molecule has 0 heterocycles. The van der Waals surface area contributed by atoms with E-state index in [9.17, 15) is 9.18 Å². The van der Waals surface area contributed by atoms with E-state index in [1.807, 2.05) is 30.3 Å². The molecule has 0 spiro atoms. The van der Waals surface area contributed by atoms with Crippen LogP contribution in [0, 0.1) is 5.82 Å². The minimum Gasteiger partial charge on any atom is -0.497 e. The summed E-state index contributed by atoms with van der Waals surface area (Å²) in [6, 6.07) is 22.8. The molecule has 0 fully saturated rings. The fourth-order valence-corrected chi connectivity index (χ4v) is 3.46. The monoisotopic (exact) mass is 367 g/mol. The van der Waals surface area contributed by atoms with Crippen molar-refractivity contribution in [2.75, 3.05) is 12.4 Å². The topological polar surface area (TPSA) is 38.3 Å². The van der Waals surface area contributed by atoms with Crippen molar-refractivity contribution >= 4 is 23.4 Å². The number of anilines is 1. The van der Waals surface area contributed by atoms with Gasteiger partial charge in [-0.05, 0) is 54.1 Å². The van der Waals surface area contributed by atoms with Gasteiger partial charge in [-0.1, -0.05) is 30.3 Å². The third-order valence-electron chi connectivity index (χ3n) is 3.77. The number of hydrogen-bond acceptors (Lipinski definition) is 3. The van der Waals surface area contributed by atoms with Crippen LogP contribution in [0.5, 0.6) is 5.75 Å². The molecule has 0 aliphatic rings. The number of hydrogen-bond donors (Lipinski definition) is 1. The molecule has 5 heteroatoms. The summed E-state index contributed by atoms with van der Waals surface area (Å²) in [5.74, 6) is 0.285. The van der Waals surface area contributed by atoms with Gasteiger partial charge in [0.1, 0.15) is 16.8 Å². The first-order valence-electron chi connectivity index (χ1n) is 8.08. The Bertz CT molecular complexity index is 851. The van der Waals surface area contributed by atoms with E-state index in [1.165, 1.54) is 23.9 Å². The van der Waals surface area contributed by atoms with E-state index in [2.05, 4.69) is 5.32 Å². The van der Waals surface area contributed by atoms with Gasteiger partial charge < -0.3 is 10.1 Å². The van der Waals surface area contributed by atoms with Crippen molar-refractivity contribution in [1.29, 1.82) is 0 Å². The van der Waals surface area contributed by atoms with Gasteiger partial charge in [0.25, 0.3) is 0 Å². The van der Waals surface area contributed by atoms with Gasteiger partial charge in [-0.15, -0.1) is 11.8 Å². The van der Waals surface area contributed by atoms with E-state index in [-0.39, 0.29) is 11.7 Å². The van der Waals surface area contributed by atoms with E-state index in [0.717, 1.165) is 16.2 Å². The van der Waals surface area contributed by atoms with Crippen molar-refractivity contribution in [3.8, 4) is 5.75 Å². The Morgan fingerprint density at radius 3 is 2.23 bits per heavy atom. The van der Waals surface area contributed by atoms with Crippen molar-refractivity contribution in [2.45, 2.75) is 10.1 Å². The highest BCUT2D eigenvalue weighted by Crippen LogP contribution is 2.36. The highest BCUT2D eigenvalue weighted by molar-refractivity contribution is 8.00. The number of thioether (sulfide) groups is 1. The summed E-state index contributed by atoms with van der Waals surface area (Å²) >= 11 is 1.38. The first kappa shape index (κ1) is 18.0. The number of ether oxygens (including phenoxy) is 1. The first-order valence-corrected chi connectivity index (χ1v) is 8.96. The highest BCUT2D eigenvalue weighted by atomic mass is 32.2. The second kappa shape index (κ2) is 8.54. The van der Waals surface area contributed by atoms with Crippen LogP contribution >= 0.6 is 11.8 Å². The smallest absolute Gasteiger partial charge is 0.242 e. The van der Waals surface area contributed by atoms with Crippen LogP contribution in [-0.4, -0.2) is 13.0 Å². The molecule has 3 aromatic rings. The Kier molecular flexibility index (Phi) is 5.92. The van der Waals surface area contributed by atoms with E-state index in [0.29, 0.717) is 5.69 Å².